The molecular weight excluding hydrogens is 320 g/mol. The number of carbonyl (C=O) groups excluding carboxylic acids is 2. The molecule has 6 heteroatoms. The first-order chi connectivity index (χ1) is 12.2. The normalized spacial score (nSPS) is 17.4. The molecule has 25 heavy (non-hydrogen) atoms. The lowest BCUT2D eigenvalue weighted by Crippen LogP contribution is -2.44. The van der Waals surface area contributed by atoms with Crippen LogP contribution < -0.4 is 4.90 Å². The number of hydrogen-bond acceptors (Lipinski definition) is 5. The van der Waals surface area contributed by atoms with Crippen LogP contribution >= 0.6 is 0 Å². The molecule has 132 valence electrons. The molecule has 0 N–H and O–H groups in total. The van der Waals surface area contributed by atoms with Crippen molar-refractivity contribution in [1.29, 1.82) is 0 Å². The Balaban J connectivity index is 1.76. The fraction of sp³-hybridized carbons (Fsp3) is 0.368. The van der Waals surface area contributed by atoms with Crippen LogP contribution in [-0.2, 0) is 20.9 Å². The van der Waals surface area contributed by atoms with E-state index in [1.807, 2.05) is 41.3 Å². The van der Waals surface area contributed by atoms with Gasteiger partial charge in [-0.25, -0.2) is 0 Å². The van der Waals surface area contributed by atoms with Gasteiger partial charge in [0.25, 0.3) is 0 Å². The van der Waals surface area contributed by atoms with Crippen molar-refractivity contribution in [3.05, 3.63) is 54.5 Å². The van der Waals surface area contributed by atoms with Crippen LogP contribution in [-0.4, -0.2) is 43.0 Å². The first kappa shape index (κ1) is 17.2. The molecule has 3 rings (SSSR count). The van der Waals surface area contributed by atoms with E-state index in [4.69, 9.17) is 9.15 Å². The van der Waals surface area contributed by atoms with Crippen molar-refractivity contribution < 1.29 is 18.7 Å². The van der Waals surface area contributed by atoms with Crippen molar-refractivity contribution in [2.24, 2.45) is 0 Å². The number of nitrogens with zero attached hydrogens (tertiary/aromatic N) is 2. The third kappa shape index (κ3) is 4.09. The number of hydrogen-bond donors (Lipinski definition) is 0. The Hall–Kier alpha value is -2.60. The topological polar surface area (TPSA) is 63.0 Å². The van der Waals surface area contributed by atoms with Crippen LogP contribution in [0.1, 0.15) is 18.6 Å². The van der Waals surface area contributed by atoms with E-state index >= 15 is 0 Å². The molecule has 1 aliphatic heterocycles. The lowest BCUT2D eigenvalue weighted by atomic mass is 10.2. The highest BCUT2D eigenvalue weighted by Crippen LogP contribution is 2.21. The molecular formula is C19H22N2O4. The molecule has 0 bridgehead atoms. The second-order valence-corrected chi connectivity index (χ2v) is 6.05. The van der Waals surface area contributed by atoms with Gasteiger partial charge in [0.2, 0.25) is 5.91 Å². The third-order valence-corrected chi connectivity index (χ3v) is 4.44. The number of anilines is 1. The van der Waals surface area contributed by atoms with Gasteiger partial charge in [-0.15, -0.1) is 0 Å². The fourth-order valence-corrected chi connectivity index (χ4v) is 3.17. The molecule has 6 nitrogen and oxygen atoms in total. The average Bonchev–Trinajstić information content (AvgIpc) is 3.31. The van der Waals surface area contributed by atoms with Crippen molar-refractivity contribution in [3.63, 3.8) is 0 Å². The highest BCUT2D eigenvalue weighted by Gasteiger charge is 2.33. The zero-order valence-corrected chi connectivity index (χ0v) is 14.3. The quantitative estimate of drug-likeness (QED) is 0.755. The standard InChI is InChI=1S/C19H22N2O4/c1-24-19(23)17-10-5-11-20(17)14-18(22)21(13-16-9-6-12-25-16)15-7-3-2-4-8-15/h2-4,6-9,12,17H,5,10-11,13-14H2,1H3/t17-/m0/s1. The van der Waals surface area contributed by atoms with Crippen molar-refractivity contribution in [2.75, 3.05) is 25.1 Å². The molecule has 0 saturated carbocycles. The Morgan fingerprint density at radius 2 is 2.04 bits per heavy atom. The van der Waals surface area contributed by atoms with E-state index in [0.29, 0.717) is 12.3 Å². The van der Waals surface area contributed by atoms with Crippen LogP contribution in [0.15, 0.2) is 53.1 Å². The summed E-state index contributed by atoms with van der Waals surface area (Å²) < 4.78 is 10.3. The SMILES string of the molecule is COC(=O)[C@@H]1CCCN1CC(=O)N(Cc1ccco1)c1ccccc1. The Kier molecular flexibility index (Phi) is 5.50. The number of esters is 1. The number of furan rings is 1. The molecule has 2 heterocycles. The van der Waals surface area contributed by atoms with Gasteiger partial charge in [0.15, 0.2) is 0 Å². The van der Waals surface area contributed by atoms with Crippen LogP contribution in [0.25, 0.3) is 0 Å². The van der Waals surface area contributed by atoms with E-state index in [9.17, 15) is 9.59 Å². The minimum Gasteiger partial charge on any atom is -0.468 e. The van der Waals surface area contributed by atoms with E-state index in [1.54, 1.807) is 17.2 Å². The Labute approximate surface area is 147 Å². The second-order valence-electron chi connectivity index (χ2n) is 6.05. The molecule has 0 unspecified atom stereocenters. The van der Waals surface area contributed by atoms with E-state index < -0.39 is 0 Å². The lowest BCUT2D eigenvalue weighted by Gasteiger charge is -2.27. The van der Waals surface area contributed by atoms with Gasteiger partial charge < -0.3 is 14.1 Å². The van der Waals surface area contributed by atoms with Crippen molar-refractivity contribution in [1.82, 2.24) is 4.90 Å². The predicted molar refractivity (Wildman–Crippen MR) is 93.0 cm³/mol. The van der Waals surface area contributed by atoms with Crippen LogP contribution in [0, 0.1) is 0 Å². The van der Waals surface area contributed by atoms with Gasteiger partial charge in [0.05, 0.1) is 26.5 Å². The number of rotatable bonds is 6. The van der Waals surface area contributed by atoms with Crippen LogP contribution in [0.5, 0.6) is 0 Å². The van der Waals surface area contributed by atoms with Gasteiger partial charge in [-0.3, -0.25) is 14.5 Å². The maximum Gasteiger partial charge on any atom is 0.323 e. The summed E-state index contributed by atoms with van der Waals surface area (Å²) in [6, 6.07) is 12.8. The highest BCUT2D eigenvalue weighted by molar-refractivity contribution is 5.95. The fourth-order valence-electron chi connectivity index (χ4n) is 3.17. The summed E-state index contributed by atoms with van der Waals surface area (Å²) >= 11 is 0. The Morgan fingerprint density at radius 3 is 2.72 bits per heavy atom. The number of para-hydroxylation sites is 1. The number of amides is 1. The summed E-state index contributed by atoms with van der Waals surface area (Å²) in [6.07, 6.45) is 3.21. The maximum atomic E-state index is 13.0. The summed E-state index contributed by atoms with van der Waals surface area (Å²) in [5.41, 5.74) is 0.803. The summed E-state index contributed by atoms with van der Waals surface area (Å²) in [5.74, 6) is 0.365. The maximum absolute atomic E-state index is 13.0. The van der Waals surface area contributed by atoms with Gasteiger partial charge in [-0.2, -0.15) is 0 Å². The molecule has 1 aliphatic rings. The van der Waals surface area contributed by atoms with E-state index in [1.165, 1.54) is 7.11 Å². The highest BCUT2D eigenvalue weighted by atomic mass is 16.5. The number of ether oxygens (including phenoxy) is 1. The first-order valence-electron chi connectivity index (χ1n) is 8.38. The largest absolute Gasteiger partial charge is 0.468 e. The molecule has 1 aromatic heterocycles. The smallest absolute Gasteiger partial charge is 0.323 e. The molecule has 1 atom stereocenters. The summed E-state index contributed by atoms with van der Waals surface area (Å²) in [4.78, 5) is 28.5. The molecule has 1 aromatic carbocycles. The average molecular weight is 342 g/mol. The van der Waals surface area contributed by atoms with E-state index in [2.05, 4.69) is 0 Å². The number of methoxy groups -OCH3 is 1. The first-order valence-corrected chi connectivity index (χ1v) is 8.38. The minimum absolute atomic E-state index is 0.0709. The molecule has 2 aromatic rings. The zero-order chi connectivity index (χ0) is 17.6. The predicted octanol–water partition coefficient (Wildman–Crippen LogP) is 2.45. The molecule has 0 radical (unpaired) electrons. The molecule has 1 amide bonds. The van der Waals surface area contributed by atoms with Crippen molar-refractivity contribution in [2.45, 2.75) is 25.4 Å². The third-order valence-electron chi connectivity index (χ3n) is 4.44. The van der Waals surface area contributed by atoms with Crippen LogP contribution in [0.2, 0.25) is 0 Å². The summed E-state index contributed by atoms with van der Waals surface area (Å²) in [7, 11) is 1.38. The molecule has 0 aliphatic carbocycles. The van der Waals surface area contributed by atoms with E-state index in [0.717, 1.165) is 25.1 Å². The summed E-state index contributed by atoms with van der Waals surface area (Å²) in [6.45, 7) is 1.25. The molecule has 1 saturated heterocycles. The van der Waals surface area contributed by atoms with Crippen molar-refractivity contribution >= 4 is 17.6 Å². The Bertz CT molecular complexity index is 699. The zero-order valence-electron chi connectivity index (χ0n) is 14.3. The molecule has 1 fully saturated rings. The van der Waals surface area contributed by atoms with E-state index in [-0.39, 0.29) is 24.5 Å². The number of likely N-dealkylation sites (tertiary alicyclic amines) is 1. The number of carbonyl (C=O) groups is 2. The van der Waals surface area contributed by atoms with Gasteiger partial charge in [-0.1, -0.05) is 18.2 Å². The van der Waals surface area contributed by atoms with Gasteiger partial charge >= 0.3 is 5.97 Å². The monoisotopic (exact) mass is 342 g/mol. The second kappa shape index (κ2) is 7.98. The molecule has 0 spiro atoms. The van der Waals surface area contributed by atoms with Gasteiger partial charge in [0.1, 0.15) is 11.8 Å². The van der Waals surface area contributed by atoms with Crippen molar-refractivity contribution in [3.8, 4) is 0 Å². The van der Waals surface area contributed by atoms with Crippen LogP contribution in [0.3, 0.4) is 0 Å². The lowest BCUT2D eigenvalue weighted by molar-refractivity contribution is -0.146. The van der Waals surface area contributed by atoms with Gasteiger partial charge in [0, 0.05) is 5.69 Å². The van der Waals surface area contributed by atoms with Gasteiger partial charge in [-0.05, 0) is 43.7 Å². The Morgan fingerprint density at radius 1 is 1.24 bits per heavy atom. The van der Waals surface area contributed by atoms with Crippen LogP contribution in [0.4, 0.5) is 5.69 Å². The summed E-state index contributed by atoms with van der Waals surface area (Å²) in [5, 5.41) is 0. The number of benzene rings is 1. The minimum atomic E-state index is -0.338.